The zero-order chi connectivity index (χ0) is 19.2. The van der Waals surface area contributed by atoms with E-state index in [-0.39, 0.29) is 5.57 Å². The van der Waals surface area contributed by atoms with Gasteiger partial charge in [-0.1, -0.05) is 29.8 Å². The van der Waals surface area contributed by atoms with Gasteiger partial charge in [0.1, 0.15) is 22.4 Å². The van der Waals surface area contributed by atoms with Gasteiger partial charge in [-0.05, 0) is 30.3 Å². The first-order valence-corrected chi connectivity index (χ1v) is 9.13. The standard InChI is InChI=1S/C20H14ClN3O2S/c1-26-18-4-2-3-16(10-18)23-19(25)14(11-22)9-17-12-27-20(24-17)13-5-7-15(21)8-6-13/h2-10,12H,1H3,(H,23,25)/b14-9+. The van der Waals surface area contributed by atoms with Crippen molar-refractivity contribution in [1.29, 1.82) is 5.26 Å². The number of carbonyl (C=O) groups excluding carboxylic acids is 1. The summed E-state index contributed by atoms with van der Waals surface area (Å²) in [6.07, 6.45) is 1.46. The van der Waals surface area contributed by atoms with Crippen LogP contribution in [0.25, 0.3) is 16.6 Å². The van der Waals surface area contributed by atoms with Crippen molar-refractivity contribution in [2.24, 2.45) is 0 Å². The Kier molecular flexibility index (Phi) is 5.87. The number of anilines is 1. The van der Waals surface area contributed by atoms with E-state index >= 15 is 0 Å². The third-order valence-electron chi connectivity index (χ3n) is 3.60. The predicted molar refractivity (Wildman–Crippen MR) is 108 cm³/mol. The molecule has 27 heavy (non-hydrogen) atoms. The van der Waals surface area contributed by atoms with Gasteiger partial charge in [0.25, 0.3) is 5.91 Å². The van der Waals surface area contributed by atoms with Gasteiger partial charge in [0.05, 0.1) is 12.8 Å². The number of amides is 1. The highest BCUT2D eigenvalue weighted by Crippen LogP contribution is 2.26. The van der Waals surface area contributed by atoms with E-state index in [1.165, 1.54) is 17.4 Å². The van der Waals surface area contributed by atoms with Gasteiger partial charge in [0.15, 0.2) is 0 Å². The second kappa shape index (κ2) is 8.49. The minimum Gasteiger partial charge on any atom is -0.497 e. The molecular weight excluding hydrogens is 382 g/mol. The van der Waals surface area contributed by atoms with E-state index < -0.39 is 5.91 Å². The number of nitrogens with zero attached hydrogens (tertiary/aromatic N) is 2. The summed E-state index contributed by atoms with van der Waals surface area (Å²) in [6, 6.07) is 16.2. The first kappa shape index (κ1) is 18.6. The van der Waals surface area contributed by atoms with E-state index in [0.29, 0.717) is 22.2 Å². The summed E-state index contributed by atoms with van der Waals surface area (Å²) in [6.45, 7) is 0. The lowest BCUT2D eigenvalue weighted by Gasteiger charge is -2.06. The molecule has 0 spiro atoms. The van der Waals surface area contributed by atoms with Crippen LogP contribution in [0.4, 0.5) is 5.69 Å². The second-order valence-corrected chi connectivity index (χ2v) is 6.73. The Labute approximate surface area is 165 Å². The fourth-order valence-corrected chi connectivity index (χ4v) is 3.18. The summed E-state index contributed by atoms with van der Waals surface area (Å²) in [4.78, 5) is 16.8. The third kappa shape index (κ3) is 4.73. The number of nitrogens with one attached hydrogen (secondary N) is 1. The number of benzene rings is 2. The van der Waals surface area contributed by atoms with Crippen molar-refractivity contribution in [2.75, 3.05) is 12.4 Å². The van der Waals surface area contributed by atoms with Crippen molar-refractivity contribution in [3.63, 3.8) is 0 Å². The number of rotatable bonds is 5. The van der Waals surface area contributed by atoms with Crippen LogP contribution < -0.4 is 10.1 Å². The van der Waals surface area contributed by atoms with Gasteiger partial charge in [0, 0.05) is 27.7 Å². The number of methoxy groups -OCH3 is 1. The monoisotopic (exact) mass is 395 g/mol. The molecule has 0 fully saturated rings. The number of aromatic nitrogens is 1. The third-order valence-corrected chi connectivity index (χ3v) is 4.76. The fraction of sp³-hybridized carbons (Fsp3) is 0.0500. The maximum atomic E-state index is 12.4. The van der Waals surface area contributed by atoms with E-state index in [1.54, 1.807) is 48.9 Å². The Morgan fingerprint density at radius 3 is 2.78 bits per heavy atom. The zero-order valence-electron chi connectivity index (χ0n) is 14.3. The van der Waals surface area contributed by atoms with Gasteiger partial charge >= 0.3 is 0 Å². The minimum atomic E-state index is -0.508. The predicted octanol–water partition coefficient (Wildman–Crippen LogP) is 5.02. The summed E-state index contributed by atoms with van der Waals surface area (Å²) < 4.78 is 5.12. The lowest BCUT2D eigenvalue weighted by atomic mass is 10.2. The first-order chi connectivity index (χ1) is 13.1. The maximum absolute atomic E-state index is 12.4. The Morgan fingerprint density at radius 2 is 2.07 bits per heavy atom. The molecule has 0 unspecified atom stereocenters. The maximum Gasteiger partial charge on any atom is 0.266 e. The summed E-state index contributed by atoms with van der Waals surface area (Å²) in [5.41, 5.74) is 1.97. The smallest absolute Gasteiger partial charge is 0.266 e. The van der Waals surface area contributed by atoms with Crippen LogP contribution in [0.5, 0.6) is 5.75 Å². The number of carbonyl (C=O) groups is 1. The van der Waals surface area contributed by atoms with Gasteiger partial charge < -0.3 is 10.1 Å². The van der Waals surface area contributed by atoms with Crippen molar-refractivity contribution in [1.82, 2.24) is 4.98 Å². The van der Waals surface area contributed by atoms with Crippen LogP contribution in [0, 0.1) is 11.3 Å². The molecule has 5 nitrogen and oxygen atoms in total. The molecule has 0 aliphatic rings. The zero-order valence-corrected chi connectivity index (χ0v) is 15.8. The molecule has 0 aliphatic heterocycles. The fourth-order valence-electron chi connectivity index (χ4n) is 2.27. The van der Waals surface area contributed by atoms with E-state index in [9.17, 15) is 10.1 Å². The summed E-state index contributed by atoms with van der Waals surface area (Å²) in [5, 5.41) is 15.3. The SMILES string of the molecule is COc1cccc(NC(=O)/C(C#N)=C/c2csc(-c3ccc(Cl)cc3)n2)c1. The molecule has 3 rings (SSSR count). The lowest BCUT2D eigenvalue weighted by molar-refractivity contribution is -0.112. The highest BCUT2D eigenvalue weighted by molar-refractivity contribution is 7.13. The number of hydrogen-bond acceptors (Lipinski definition) is 5. The van der Waals surface area contributed by atoms with Crippen LogP contribution in [0.3, 0.4) is 0 Å². The molecule has 1 heterocycles. The number of halogens is 1. The van der Waals surface area contributed by atoms with Crippen LogP contribution in [-0.4, -0.2) is 18.0 Å². The molecule has 0 radical (unpaired) electrons. The summed E-state index contributed by atoms with van der Waals surface area (Å²) in [7, 11) is 1.54. The molecule has 0 bridgehead atoms. The molecule has 1 aromatic heterocycles. The normalized spacial score (nSPS) is 10.9. The van der Waals surface area contributed by atoms with Crippen LogP contribution in [0.1, 0.15) is 5.69 Å². The molecule has 0 atom stereocenters. The molecule has 3 aromatic rings. The molecule has 2 aromatic carbocycles. The number of thiazole rings is 1. The molecular formula is C20H14ClN3O2S. The molecule has 134 valence electrons. The van der Waals surface area contributed by atoms with Gasteiger partial charge in [-0.2, -0.15) is 5.26 Å². The van der Waals surface area contributed by atoms with Crippen LogP contribution in [0.15, 0.2) is 59.5 Å². The Hall–Kier alpha value is -3.14. The van der Waals surface area contributed by atoms with Crippen molar-refractivity contribution < 1.29 is 9.53 Å². The van der Waals surface area contributed by atoms with E-state index in [1.807, 2.05) is 18.2 Å². The topological polar surface area (TPSA) is 75.0 Å². The average molecular weight is 396 g/mol. The summed E-state index contributed by atoms with van der Waals surface area (Å²) in [5.74, 6) is 0.106. The van der Waals surface area contributed by atoms with Crippen LogP contribution >= 0.6 is 22.9 Å². The lowest BCUT2D eigenvalue weighted by Crippen LogP contribution is -2.13. The van der Waals surface area contributed by atoms with Gasteiger partial charge in [-0.3, -0.25) is 4.79 Å². The first-order valence-electron chi connectivity index (χ1n) is 7.87. The molecule has 1 N–H and O–H groups in total. The molecule has 1 amide bonds. The highest BCUT2D eigenvalue weighted by atomic mass is 35.5. The van der Waals surface area contributed by atoms with Crippen molar-refractivity contribution in [2.45, 2.75) is 0 Å². The quantitative estimate of drug-likeness (QED) is 0.486. The minimum absolute atomic E-state index is 0.0363. The van der Waals surface area contributed by atoms with Gasteiger partial charge in [-0.15, -0.1) is 11.3 Å². The van der Waals surface area contributed by atoms with E-state index in [2.05, 4.69) is 10.3 Å². The van der Waals surface area contributed by atoms with Gasteiger partial charge in [0.2, 0.25) is 0 Å². The van der Waals surface area contributed by atoms with E-state index in [4.69, 9.17) is 16.3 Å². The van der Waals surface area contributed by atoms with Crippen molar-refractivity contribution in [3.05, 3.63) is 70.2 Å². The Bertz CT molecular complexity index is 1040. The number of hydrogen-bond donors (Lipinski definition) is 1. The van der Waals surface area contributed by atoms with Crippen LogP contribution in [-0.2, 0) is 4.79 Å². The largest absolute Gasteiger partial charge is 0.497 e. The Balaban J connectivity index is 1.78. The molecule has 0 saturated heterocycles. The molecule has 0 aliphatic carbocycles. The van der Waals surface area contributed by atoms with Crippen LogP contribution in [0.2, 0.25) is 5.02 Å². The van der Waals surface area contributed by atoms with Gasteiger partial charge in [-0.25, -0.2) is 4.98 Å². The Morgan fingerprint density at radius 1 is 1.30 bits per heavy atom. The highest BCUT2D eigenvalue weighted by Gasteiger charge is 2.12. The molecule has 0 saturated carbocycles. The van der Waals surface area contributed by atoms with E-state index in [0.717, 1.165) is 10.6 Å². The second-order valence-electron chi connectivity index (χ2n) is 5.44. The average Bonchev–Trinajstić information content (AvgIpc) is 3.15. The summed E-state index contributed by atoms with van der Waals surface area (Å²) >= 11 is 7.32. The van der Waals surface area contributed by atoms with Crippen molar-refractivity contribution >= 4 is 40.6 Å². The van der Waals surface area contributed by atoms with Crippen molar-refractivity contribution in [3.8, 4) is 22.4 Å². The number of nitriles is 1. The molecule has 7 heteroatoms. The number of ether oxygens (including phenoxy) is 1.